The molecule has 4 aromatic carbocycles. The Labute approximate surface area is 196 Å². The predicted molar refractivity (Wildman–Crippen MR) is 137 cm³/mol. The largest absolute Gasteiger partial charge is 0.380 e. The van der Waals surface area contributed by atoms with Crippen LogP contribution < -0.4 is 5.32 Å². The molecule has 0 unspecified atom stereocenters. The van der Waals surface area contributed by atoms with Gasteiger partial charge in [-0.3, -0.25) is 4.79 Å². The molecule has 0 amide bonds. The van der Waals surface area contributed by atoms with Crippen molar-refractivity contribution in [1.82, 2.24) is 5.32 Å². The highest BCUT2D eigenvalue weighted by molar-refractivity contribution is 6.27. The van der Waals surface area contributed by atoms with Crippen molar-refractivity contribution in [2.45, 2.75) is 26.3 Å². The lowest BCUT2D eigenvalue weighted by atomic mass is 9.92. The molecular weight excluding hydrogens is 402 g/mol. The second kappa shape index (κ2) is 11.1. The van der Waals surface area contributed by atoms with Gasteiger partial charge in [-0.1, -0.05) is 121 Å². The molecule has 0 heterocycles. The zero-order valence-corrected chi connectivity index (χ0v) is 19.0. The van der Waals surface area contributed by atoms with Gasteiger partial charge in [-0.25, -0.2) is 0 Å². The monoisotopic (exact) mass is 431 g/mol. The van der Waals surface area contributed by atoms with Crippen molar-refractivity contribution in [3.05, 3.63) is 143 Å². The zero-order chi connectivity index (χ0) is 22.9. The number of nitrogens with one attached hydrogen (secondary N) is 1. The summed E-state index contributed by atoms with van der Waals surface area (Å²) in [7, 11) is 0. The van der Waals surface area contributed by atoms with E-state index in [0.717, 1.165) is 28.8 Å². The normalized spacial score (nSPS) is 11.5. The number of aryl methyl sites for hydroxylation is 2. The van der Waals surface area contributed by atoms with E-state index < -0.39 is 0 Å². The maximum absolute atomic E-state index is 13.7. The third-order valence-corrected chi connectivity index (χ3v) is 5.73. The fourth-order valence-corrected chi connectivity index (χ4v) is 3.92. The Balaban J connectivity index is 1.75. The standard InChI is InChI=1S/C31H29NO/c1-24-17-20-28(21-18-24)31(32-23-26-13-7-3-8-14-26)30(27-15-9-4-10-16-27)29(33)22-19-25-11-5-2-6-12-25/h2-18,20-21,32H,19,22-23H2,1H3/b31-30+. The molecule has 0 aliphatic carbocycles. The first-order valence-electron chi connectivity index (χ1n) is 11.4. The number of ketones is 1. The zero-order valence-electron chi connectivity index (χ0n) is 19.0. The van der Waals surface area contributed by atoms with Crippen molar-refractivity contribution < 1.29 is 4.79 Å². The van der Waals surface area contributed by atoms with E-state index in [-0.39, 0.29) is 5.78 Å². The minimum absolute atomic E-state index is 0.140. The summed E-state index contributed by atoms with van der Waals surface area (Å²) in [5.74, 6) is 0.140. The van der Waals surface area contributed by atoms with Crippen LogP contribution in [0.4, 0.5) is 0 Å². The topological polar surface area (TPSA) is 29.1 Å². The molecule has 1 N–H and O–H groups in total. The highest BCUT2D eigenvalue weighted by Crippen LogP contribution is 2.28. The highest BCUT2D eigenvalue weighted by Gasteiger charge is 2.19. The van der Waals surface area contributed by atoms with E-state index in [4.69, 9.17) is 0 Å². The maximum atomic E-state index is 13.7. The molecule has 0 fully saturated rings. The Morgan fingerprint density at radius 1 is 0.636 bits per heavy atom. The van der Waals surface area contributed by atoms with Crippen LogP contribution in [0, 0.1) is 6.92 Å². The predicted octanol–water partition coefficient (Wildman–Crippen LogP) is 6.86. The molecule has 0 bridgehead atoms. The van der Waals surface area contributed by atoms with E-state index in [1.54, 1.807) is 0 Å². The molecule has 0 saturated heterocycles. The number of hydrogen-bond donors (Lipinski definition) is 1. The van der Waals surface area contributed by atoms with Gasteiger partial charge in [0.15, 0.2) is 5.78 Å². The average Bonchev–Trinajstić information content (AvgIpc) is 2.87. The summed E-state index contributed by atoms with van der Waals surface area (Å²) in [5.41, 5.74) is 7.11. The number of benzene rings is 4. The lowest BCUT2D eigenvalue weighted by molar-refractivity contribution is -0.113. The molecular formula is C31H29NO. The second-order valence-corrected chi connectivity index (χ2v) is 8.23. The summed E-state index contributed by atoms with van der Waals surface area (Å²) in [4.78, 5) is 13.7. The number of Topliss-reactive ketones (excluding diaryl/α,β-unsaturated/α-hetero) is 1. The van der Waals surface area contributed by atoms with Crippen LogP contribution in [0.3, 0.4) is 0 Å². The Morgan fingerprint density at radius 2 is 1.18 bits per heavy atom. The smallest absolute Gasteiger partial charge is 0.165 e. The van der Waals surface area contributed by atoms with E-state index in [2.05, 4.69) is 60.8 Å². The van der Waals surface area contributed by atoms with Crippen LogP contribution in [0.1, 0.15) is 34.2 Å². The van der Waals surface area contributed by atoms with Crippen LogP contribution in [0.25, 0.3) is 11.3 Å². The van der Waals surface area contributed by atoms with Crippen molar-refractivity contribution in [1.29, 1.82) is 0 Å². The Morgan fingerprint density at radius 3 is 1.79 bits per heavy atom. The average molecular weight is 432 g/mol. The van der Waals surface area contributed by atoms with Gasteiger partial charge in [0, 0.05) is 18.5 Å². The van der Waals surface area contributed by atoms with Crippen LogP contribution in [0.15, 0.2) is 115 Å². The third-order valence-electron chi connectivity index (χ3n) is 5.73. The molecule has 2 nitrogen and oxygen atoms in total. The number of rotatable bonds is 9. The lowest BCUT2D eigenvalue weighted by Crippen LogP contribution is -2.17. The van der Waals surface area contributed by atoms with Gasteiger partial charge >= 0.3 is 0 Å². The summed E-state index contributed by atoms with van der Waals surface area (Å²) in [6, 6.07) is 38.9. The summed E-state index contributed by atoms with van der Waals surface area (Å²) >= 11 is 0. The first-order valence-corrected chi connectivity index (χ1v) is 11.4. The van der Waals surface area contributed by atoms with Gasteiger partial charge in [0.1, 0.15) is 0 Å². The van der Waals surface area contributed by atoms with E-state index in [0.29, 0.717) is 13.0 Å². The molecule has 0 aromatic heterocycles. The van der Waals surface area contributed by atoms with Gasteiger partial charge in [0.05, 0.1) is 5.70 Å². The Hall–Kier alpha value is -3.91. The van der Waals surface area contributed by atoms with Crippen molar-refractivity contribution in [2.24, 2.45) is 0 Å². The van der Waals surface area contributed by atoms with Crippen molar-refractivity contribution in [3.8, 4) is 0 Å². The molecule has 4 aromatic rings. The second-order valence-electron chi connectivity index (χ2n) is 8.23. The first-order chi connectivity index (χ1) is 16.2. The molecule has 0 atom stereocenters. The van der Waals surface area contributed by atoms with Crippen LogP contribution >= 0.6 is 0 Å². The molecule has 0 aliphatic rings. The van der Waals surface area contributed by atoms with Gasteiger partial charge in [0.2, 0.25) is 0 Å². The summed E-state index contributed by atoms with van der Waals surface area (Å²) in [6.45, 7) is 2.72. The van der Waals surface area contributed by atoms with Gasteiger partial charge in [-0.15, -0.1) is 0 Å². The van der Waals surface area contributed by atoms with E-state index in [9.17, 15) is 4.79 Å². The van der Waals surface area contributed by atoms with Crippen LogP contribution in [0.5, 0.6) is 0 Å². The molecule has 0 saturated carbocycles. The fraction of sp³-hybridized carbons (Fsp3) is 0.129. The van der Waals surface area contributed by atoms with Gasteiger partial charge < -0.3 is 5.32 Å². The first kappa shape index (κ1) is 22.3. The summed E-state index contributed by atoms with van der Waals surface area (Å²) in [6.07, 6.45) is 1.17. The van der Waals surface area contributed by atoms with Crippen LogP contribution in [-0.4, -0.2) is 5.78 Å². The minimum atomic E-state index is 0.140. The lowest BCUT2D eigenvalue weighted by Gasteiger charge is -2.18. The number of hydrogen-bond acceptors (Lipinski definition) is 2. The van der Waals surface area contributed by atoms with Crippen molar-refractivity contribution in [2.75, 3.05) is 0 Å². The fourth-order valence-electron chi connectivity index (χ4n) is 3.92. The number of carbonyl (C=O) groups excluding carboxylic acids is 1. The van der Waals surface area contributed by atoms with E-state index in [1.807, 2.05) is 66.7 Å². The highest BCUT2D eigenvalue weighted by atomic mass is 16.1. The molecule has 2 heteroatoms. The molecule has 164 valence electrons. The number of allylic oxidation sites excluding steroid dienone is 1. The Bertz CT molecular complexity index is 1190. The molecule has 0 spiro atoms. The quantitative estimate of drug-likeness (QED) is 0.232. The van der Waals surface area contributed by atoms with Gasteiger partial charge in [0.25, 0.3) is 0 Å². The van der Waals surface area contributed by atoms with Gasteiger partial charge in [-0.2, -0.15) is 0 Å². The molecule has 33 heavy (non-hydrogen) atoms. The van der Waals surface area contributed by atoms with Gasteiger partial charge in [-0.05, 0) is 35.6 Å². The Kier molecular flexibility index (Phi) is 7.50. The minimum Gasteiger partial charge on any atom is -0.380 e. The summed E-state index contributed by atoms with van der Waals surface area (Å²) in [5, 5.41) is 3.61. The number of carbonyl (C=O) groups is 1. The van der Waals surface area contributed by atoms with E-state index in [1.165, 1.54) is 16.7 Å². The molecule has 4 rings (SSSR count). The SMILES string of the molecule is Cc1ccc(/C(NCc2ccccc2)=C(\C(=O)CCc2ccccc2)c2ccccc2)cc1. The maximum Gasteiger partial charge on any atom is 0.165 e. The summed E-state index contributed by atoms with van der Waals surface area (Å²) < 4.78 is 0. The van der Waals surface area contributed by atoms with Crippen molar-refractivity contribution in [3.63, 3.8) is 0 Å². The van der Waals surface area contributed by atoms with Crippen LogP contribution in [-0.2, 0) is 17.8 Å². The molecule has 0 aliphatic heterocycles. The van der Waals surface area contributed by atoms with Crippen LogP contribution in [0.2, 0.25) is 0 Å². The van der Waals surface area contributed by atoms with Crippen molar-refractivity contribution >= 4 is 17.1 Å². The third kappa shape index (κ3) is 6.08. The molecule has 0 radical (unpaired) electrons. The van der Waals surface area contributed by atoms with E-state index >= 15 is 0 Å².